The van der Waals surface area contributed by atoms with Gasteiger partial charge >= 0.3 is 6.09 Å². The van der Waals surface area contributed by atoms with Crippen LogP contribution in [0.5, 0.6) is 0 Å². The highest BCUT2D eigenvalue weighted by Crippen LogP contribution is 2.35. The summed E-state index contributed by atoms with van der Waals surface area (Å²) in [5, 5.41) is 20.3. The molecule has 0 saturated carbocycles. The lowest BCUT2D eigenvalue weighted by Crippen LogP contribution is -2.28. The van der Waals surface area contributed by atoms with Crippen LogP contribution in [-0.4, -0.2) is 24.8 Å². The van der Waals surface area contributed by atoms with Gasteiger partial charge in [-0.25, -0.2) is 4.79 Å². The number of nitriles is 1. The third kappa shape index (κ3) is 3.74. The van der Waals surface area contributed by atoms with Gasteiger partial charge in [0.2, 0.25) is 0 Å². The highest BCUT2D eigenvalue weighted by atomic mass is 16.4. The zero-order chi connectivity index (χ0) is 17.8. The molecule has 2 aromatic carbocycles. The number of carboxylic acid groups (broad SMARTS) is 1. The highest BCUT2D eigenvalue weighted by Gasteiger charge is 2.21. The van der Waals surface area contributed by atoms with Crippen LogP contribution in [-0.2, 0) is 6.42 Å². The smallest absolute Gasteiger partial charge is 0.404 e. The molecule has 3 rings (SSSR count). The number of hydrogen-bond acceptors (Lipinski definition) is 3. The second-order valence-electron chi connectivity index (χ2n) is 6.38. The molecule has 0 heterocycles. The van der Waals surface area contributed by atoms with Crippen LogP contribution in [0.2, 0.25) is 0 Å². The number of anilines is 2. The molecule has 0 aliphatic heterocycles. The Hall–Kier alpha value is -3.00. The average Bonchev–Trinajstić information content (AvgIpc) is 2.65. The van der Waals surface area contributed by atoms with Crippen molar-refractivity contribution < 1.29 is 9.90 Å². The van der Waals surface area contributed by atoms with E-state index >= 15 is 0 Å². The zero-order valence-electron chi connectivity index (χ0n) is 14.2. The van der Waals surface area contributed by atoms with E-state index in [1.165, 1.54) is 11.1 Å². The molecule has 0 fully saturated rings. The van der Waals surface area contributed by atoms with Crippen molar-refractivity contribution in [2.75, 3.05) is 18.5 Å². The van der Waals surface area contributed by atoms with Crippen molar-refractivity contribution in [1.82, 2.24) is 5.32 Å². The summed E-state index contributed by atoms with van der Waals surface area (Å²) in [4.78, 5) is 12.9. The Balaban J connectivity index is 1.82. The number of nitrogens with one attached hydrogen (secondary N) is 1. The minimum absolute atomic E-state index is 0.245. The summed E-state index contributed by atoms with van der Waals surface area (Å²) in [6.45, 7) is 0.465. The summed E-state index contributed by atoms with van der Waals surface area (Å²) < 4.78 is 0. The van der Waals surface area contributed by atoms with E-state index in [9.17, 15) is 4.79 Å². The van der Waals surface area contributed by atoms with Crippen LogP contribution in [0.3, 0.4) is 0 Å². The molecule has 2 N–H and O–H groups in total. The fraction of sp³-hybridized carbons (Fsp3) is 0.300. The number of rotatable bonds is 4. The van der Waals surface area contributed by atoms with Crippen LogP contribution in [0.15, 0.2) is 42.5 Å². The summed E-state index contributed by atoms with van der Waals surface area (Å²) >= 11 is 0. The van der Waals surface area contributed by atoms with Gasteiger partial charge in [-0.1, -0.05) is 6.07 Å². The van der Waals surface area contributed by atoms with Crippen molar-refractivity contribution in [3.63, 3.8) is 0 Å². The first-order valence-corrected chi connectivity index (χ1v) is 8.42. The number of carbonyl (C=O) groups is 1. The van der Waals surface area contributed by atoms with Crippen LogP contribution < -0.4 is 10.2 Å². The van der Waals surface area contributed by atoms with Gasteiger partial charge in [0.05, 0.1) is 11.6 Å². The standard InChI is InChI=1S/C20H21N3O2/c1-23(17-7-5-14(12-21)6-8-17)18-9-10-19-15(11-18)3-2-4-16(19)13-22-20(24)25/h5-11,16,22H,2-4,13H2,1H3,(H,24,25)/t16-/m0/s1. The van der Waals surface area contributed by atoms with E-state index in [0.717, 1.165) is 30.6 Å². The van der Waals surface area contributed by atoms with Crippen molar-refractivity contribution in [3.8, 4) is 6.07 Å². The van der Waals surface area contributed by atoms with Gasteiger partial charge in [-0.3, -0.25) is 0 Å². The summed E-state index contributed by atoms with van der Waals surface area (Å²) in [5.74, 6) is 0.245. The molecule has 0 unspecified atom stereocenters. The van der Waals surface area contributed by atoms with Crippen LogP contribution in [0.4, 0.5) is 16.2 Å². The van der Waals surface area contributed by atoms with Gasteiger partial charge in [0.1, 0.15) is 0 Å². The van der Waals surface area contributed by atoms with Crippen LogP contribution in [0.25, 0.3) is 0 Å². The van der Waals surface area contributed by atoms with E-state index in [4.69, 9.17) is 10.4 Å². The lowest BCUT2D eigenvalue weighted by molar-refractivity contribution is 0.193. The number of hydrogen-bond donors (Lipinski definition) is 2. The summed E-state index contributed by atoms with van der Waals surface area (Å²) in [6, 6.07) is 16.0. The monoisotopic (exact) mass is 335 g/mol. The fourth-order valence-corrected chi connectivity index (χ4v) is 3.44. The Labute approximate surface area is 147 Å². The van der Waals surface area contributed by atoms with E-state index in [1.807, 2.05) is 31.3 Å². The van der Waals surface area contributed by atoms with Gasteiger partial charge in [-0.05, 0) is 66.8 Å². The minimum atomic E-state index is -0.968. The van der Waals surface area contributed by atoms with Gasteiger partial charge in [0.25, 0.3) is 0 Å². The van der Waals surface area contributed by atoms with Crippen molar-refractivity contribution in [2.24, 2.45) is 0 Å². The van der Waals surface area contributed by atoms with Crippen molar-refractivity contribution in [2.45, 2.75) is 25.2 Å². The molecule has 0 spiro atoms. The number of aryl methyl sites for hydroxylation is 1. The quantitative estimate of drug-likeness (QED) is 0.885. The molecule has 1 aliphatic carbocycles. The lowest BCUT2D eigenvalue weighted by atomic mass is 9.82. The average molecular weight is 335 g/mol. The first kappa shape index (κ1) is 16.8. The molecule has 25 heavy (non-hydrogen) atoms. The molecular weight excluding hydrogens is 314 g/mol. The Kier molecular flexibility index (Phi) is 4.90. The molecule has 5 heteroatoms. The van der Waals surface area contributed by atoms with E-state index in [1.54, 1.807) is 0 Å². The highest BCUT2D eigenvalue weighted by molar-refractivity contribution is 5.66. The molecule has 0 radical (unpaired) electrons. The maximum atomic E-state index is 10.8. The topological polar surface area (TPSA) is 76.4 Å². The molecule has 0 saturated heterocycles. The fourth-order valence-electron chi connectivity index (χ4n) is 3.44. The first-order chi connectivity index (χ1) is 12.1. The predicted molar refractivity (Wildman–Crippen MR) is 97.4 cm³/mol. The van der Waals surface area contributed by atoms with Crippen molar-refractivity contribution in [1.29, 1.82) is 5.26 Å². The molecule has 1 aliphatic rings. The van der Waals surface area contributed by atoms with E-state index in [2.05, 4.69) is 34.5 Å². The number of benzene rings is 2. The van der Waals surface area contributed by atoms with Gasteiger partial charge in [-0.15, -0.1) is 0 Å². The lowest BCUT2D eigenvalue weighted by Gasteiger charge is -2.28. The maximum absolute atomic E-state index is 10.8. The third-order valence-corrected chi connectivity index (χ3v) is 4.84. The molecule has 2 aromatic rings. The molecular formula is C20H21N3O2. The first-order valence-electron chi connectivity index (χ1n) is 8.42. The second-order valence-corrected chi connectivity index (χ2v) is 6.38. The van der Waals surface area contributed by atoms with Crippen molar-refractivity contribution >= 4 is 17.5 Å². The number of amides is 1. The van der Waals surface area contributed by atoms with Crippen LogP contribution in [0.1, 0.15) is 35.4 Å². The Morgan fingerprint density at radius 1 is 1.28 bits per heavy atom. The third-order valence-electron chi connectivity index (χ3n) is 4.84. The van der Waals surface area contributed by atoms with E-state index < -0.39 is 6.09 Å². The normalized spacial score (nSPS) is 15.8. The molecule has 0 aromatic heterocycles. The van der Waals surface area contributed by atoms with E-state index in [-0.39, 0.29) is 5.92 Å². The van der Waals surface area contributed by atoms with Gasteiger partial charge < -0.3 is 15.3 Å². The summed E-state index contributed by atoms with van der Waals surface area (Å²) in [6.07, 6.45) is 2.14. The minimum Gasteiger partial charge on any atom is -0.465 e. The number of nitrogens with zero attached hydrogens (tertiary/aromatic N) is 2. The SMILES string of the molecule is CN(c1ccc(C#N)cc1)c1ccc2c(c1)CCC[C@H]2CNC(=O)O. The Bertz CT molecular complexity index is 809. The Morgan fingerprint density at radius 3 is 2.68 bits per heavy atom. The second kappa shape index (κ2) is 7.27. The van der Waals surface area contributed by atoms with E-state index in [0.29, 0.717) is 12.1 Å². The van der Waals surface area contributed by atoms with Crippen LogP contribution >= 0.6 is 0 Å². The predicted octanol–water partition coefficient (Wildman–Crippen LogP) is 4.01. The summed E-state index contributed by atoms with van der Waals surface area (Å²) in [5.41, 5.74) is 5.31. The van der Waals surface area contributed by atoms with Gasteiger partial charge in [0, 0.05) is 30.9 Å². The number of fused-ring (bicyclic) bond motifs is 1. The molecule has 5 nitrogen and oxygen atoms in total. The van der Waals surface area contributed by atoms with Gasteiger partial charge in [-0.2, -0.15) is 5.26 Å². The van der Waals surface area contributed by atoms with Gasteiger partial charge in [0.15, 0.2) is 0 Å². The molecule has 128 valence electrons. The Morgan fingerprint density at radius 2 is 2.00 bits per heavy atom. The maximum Gasteiger partial charge on any atom is 0.404 e. The largest absolute Gasteiger partial charge is 0.465 e. The molecule has 1 atom stereocenters. The zero-order valence-corrected chi connectivity index (χ0v) is 14.2. The van der Waals surface area contributed by atoms with Crippen LogP contribution in [0, 0.1) is 11.3 Å². The van der Waals surface area contributed by atoms with Crippen molar-refractivity contribution in [3.05, 3.63) is 59.2 Å². The molecule has 0 bridgehead atoms. The molecule has 1 amide bonds. The summed E-state index contributed by atoms with van der Waals surface area (Å²) in [7, 11) is 2.01.